The summed E-state index contributed by atoms with van der Waals surface area (Å²) in [6.45, 7) is 17.2. The van der Waals surface area contributed by atoms with Crippen molar-refractivity contribution in [2.24, 2.45) is 5.41 Å². The predicted octanol–water partition coefficient (Wildman–Crippen LogP) is 6.78. The van der Waals surface area contributed by atoms with Gasteiger partial charge in [0.15, 0.2) is 0 Å². The maximum absolute atomic E-state index is 6.71. The average Bonchev–Trinajstić information content (AvgIpc) is 3.07. The number of hydrogen-bond acceptors (Lipinski definition) is 4. The first kappa shape index (κ1) is 23.3. The molecule has 1 aliphatic carbocycles. The minimum atomic E-state index is 0.201. The number of nitrogens with zero attached hydrogens (tertiary/aromatic N) is 1. The van der Waals surface area contributed by atoms with Crippen LogP contribution in [0.1, 0.15) is 69.5 Å². The highest BCUT2D eigenvalue weighted by molar-refractivity contribution is 6.32. The number of benzene rings is 1. The molecule has 0 aromatic heterocycles. The Morgan fingerprint density at radius 3 is 2.75 bits per heavy atom. The first-order valence-electron chi connectivity index (χ1n) is 11.7. The van der Waals surface area contributed by atoms with Gasteiger partial charge in [-0.25, -0.2) is 0 Å². The Kier molecular flexibility index (Phi) is 6.65. The largest absolute Gasteiger partial charge is 0.494 e. The Bertz CT molecular complexity index is 935. The molecule has 174 valence electrons. The van der Waals surface area contributed by atoms with Gasteiger partial charge in [-0.2, -0.15) is 0 Å². The summed E-state index contributed by atoms with van der Waals surface area (Å²) in [4.78, 5) is 2.56. The molecule has 1 fully saturated rings. The number of methoxy groups -OCH3 is 1. The fourth-order valence-electron chi connectivity index (χ4n) is 5.85. The molecule has 0 bridgehead atoms. The normalized spacial score (nSPS) is 25.5. The van der Waals surface area contributed by atoms with Crippen LogP contribution in [0.3, 0.4) is 0 Å². The van der Waals surface area contributed by atoms with Crippen molar-refractivity contribution in [1.82, 2.24) is 4.90 Å². The summed E-state index contributed by atoms with van der Waals surface area (Å²) in [5.41, 5.74) is 5.00. The van der Waals surface area contributed by atoms with Gasteiger partial charge in [-0.1, -0.05) is 38.6 Å². The lowest BCUT2D eigenvalue weighted by molar-refractivity contribution is 0.0878. The van der Waals surface area contributed by atoms with Gasteiger partial charge in [-0.05, 0) is 60.4 Å². The topological polar surface area (TPSA) is 30.9 Å². The van der Waals surface area contributed by atoms with Gasteiger partial charge < -0.3 is 19.1 Å². The number of rotatable bonds is 8. The SMILES string of the molecule is C=C1CC2c3cc(Cl)c(OCCCOC)cc3C3CCC(C)(C)C3N2C=C1C(=C)OCC. The monoisotopic (exact) mass is 457 g/mol. The van der Waals surface area contributed by atoms with Crippen LogP contribution in [0.4, 0.5) is 0 Å². The highest BCUT2D eigenvalue weighted by Crippen LogP contribution is 2.58. The lowest BCUT2D eigenvalue weighted by Gasteiger charge is -2.51. The first-order valence-corrected chi connectivity index (χ1v) is 12.1. The van der Waals surface area contributed by atoms with Gasteiger partial charge >= 0.3 is 0 Å². The molecule has 4 rings (SSSR count). The molecule has 32 heavy (non-hydrogen) atoms. The van der Waals surface area contributed by atoms with E-state index >= 15 is 0 Å². The van der Waals surface area contributed by atoms with Gasteiger partial charge in [-0.15, -0.1) is 0 Å². The van der Waals surface area contributed by atoms with Crippen molar-refractivity contribution in [3.8, 4) is 5.75 Å². The standard InChI is InChI=1S/C27H36ClNO3/c1-7-31-18(3)22-16-29-24(13-17(22)2)21-14-23(28)25(32-12-8-11-30-6)15-20(21)19-9-10-27(4,5)26(19)29/h14-16,19,24,26H,2-3,7-13H2,1,4-6H3. The van der Waals surface area contributed by atoms with Gasteiger partial charge in [0.05, 0.1) is 24.3 Å². The lowest BCUT2D eigenvalue weighted by atomic mass is 9.73. The van der Waals surface area contributed by atoms with Crippen LogP contribution in [0, 0.1) is 5.41 Å². The van der Waals surface area contributed by atoms with E-state index in [0.717, 1.165) is 36.2 Å². The summed E-state index contributed by atoms with van der Waals surface area (Å²) in [6.07, 6.45) is 6.29. The van der Waals surface area contributed by atoms with E-state index in [1.807, 2.05) is 6.92 Å². The van der Waals surface area contributed by atoms with Gasteiger partial charge in [-0.3, -0.25) is 0 Å². The summed E-state index contributed by atoms with van der Waals surface area (Å²) >= 11 is 6.71. The molecule has 1 aromatic rings. The molecule has 3 atom stereocenters. The summed E-state index contributed by atoms with van der Waals surface area (Å²) in [5.74, 6) is 1.94. The van der Waals surface area contributed by atoms with E-state index in [-0.39, 0.29) is 11.5 Å². The molecule has 3 unspecified atom stereocenters. The third kappa shape index (κ3) is 4.08. The van der Waals surface area contributed by atoms with Crippen molar-refractivity contribution >= 4 is 11.6 Å². The molecule has 0 spiro atoms. The second kappa shape index (κ2) is 9.15. The van der Waals surface area contributed by atoms with Crippen molar-refractivity contribution in [1.29, 1.82) is 0 Å². The van der Waals surface area contributed by atoms with Gasteiger partial charge in [0.25, 0.3) is 0 Å². The molecular weight excluding hydrogens is 422 g/mol. The summed E-state index contributed by atoms with van der Waals surface area (Å²) < 4.78 is 17.0. The quantitative estimate of drug-likeness (QED) is 0.318. The van der Waals surface area contributed by atoms with Crippen molar-refractivity contribution in [2.45, 2.75) is 64.5 Å². The molecule has 0 saturated heterocycles. The molecule has 0 N–H and O–H groups in total. The Balaban J connectivity index is 1.75. The first-order chi connectivity index (χ1) is 15.3. The molecule has 2 heterocycles. The average molecular weight is 458 g/mol. The maximum atomic E-state index is 6.71. The number of halogens is 1. The third-order valence-electron chi connectivity index (χ3n) is 7.33. The highest BCUT2D eigenvalue weighted by Gasteiger charge is 2.52. The number of hydrogen-bond donors (Lipinski definition) is 0. The summed E-state index contributed by atoms with van der Waals surface area (Å²) in [6, 6.07) is 4.96. The summed E-state index contributed by atoms with van der Waals surface area (Å²) in [5, 5.41) is 0.677. The smallest absolute Gasteiger partial charge is 0.138 e. The van der Waals surface area contributed by atoms with Gasteiger partial charge in [0, 0.05) is 43.9 Å². The predicted molar refractivity (Wildman–Crippen MR) is 130 cm³/mol. The molecule has 0 amide bonds. The minimum absolute atomic E-state index is 0.201. The van der Waals surface area contributed by atoms with Crippen LogP contribution in [0.25, 0.3) is 0 Å². The highest BCUT2D eigenvalue weighted by atomic mass is 35.5. The van der Waals surface area contributed by atoms with E-state index < -0.39 is 0 Å². The van der Waals surface area contributed by atoms with Crippen LogP contribution in [0.5, 0.6) is 5.75 Å². The van der Waals surface area contributed by atoms with E-state index in [0.29, 0.717) is 42.6 Å². The second-order valence-corrected chi connectivity index (χ2v) is 10.3. The van der Waals surface area contributed by atoms with Crippen LogP contribution >= 0.6 is 11.6 Å². The van der Waals surface area contributed by atoms with E-state index in [9.17, 15) is 0 Å². The number of allylic oxidation sites excluding steroid dienone is 1. The lowest BCUT2D eigenvalue weighted by Crippen LogP contribution is -2.48. The molecule has 5 heteroatoms. The zero-order chi connectivity index (χ0) is 23.0. The molecule has 0 radical (unpaired) electrons. The molecular formula is C27H36ClNO3. The molecule has 3 aliphatic rings. The van der Waals surface area contributed by atoms with E-state index in [4.69, 9.17) is 25.8 Å². The fourth-order valence-corrected chi connectivity index (χ4v) is 6.08. The van der Waals surface area contributed by atoms with Crippen molar-refractivity contribution < 1.29 is 14.2 Å². The zero-order valence-electron chi connectivity index (χ0n) is 19.9. The van der Waals surface area contributed by atoms with Crippen molar-refractivity contribution in [2.75, 3.05) is 26.9 Å². The number of fused-ring (bicyclic) bond motifs is 6. The third-order valence-corrected chi connectivity index (χ3v) is 7.62. The van der Waals surface area contributed by atoms with E-state index in [2.05, 4.69) is 50.2 Å². The number of ether oxygens (including phenoxy) is 3. The van der Waals surface area contributed by atoms with E-state index in [1.54, 1.807) is 7.11 Å². The van der Waals surface area contributed by atoms with Crippen molar-refractivity contribution in [3.63, 3.8) is 0 Å². The van der Waals surface area contributed by atoms with Crippen LogP contribution in [-0.4, -0.2) is 37.9 Å². The minimum Gasteiger partial charge on any atom is -0.494 e. The van der Waals surface area contributed by atoms with Crippen LogP contribution in [-0.2, 0) is 9.47 Å². The fraction of sp³-hybridized carbons (Fsp3) is 0.556. The second-order valence-electron chi connectivity index (χ2n) is 9.85. The Morgan fingerprint density at radius 1 is 1.25 bits per heavy atom. The summed E-state index contributed by atoms with van der Waals surface area (Å²) in [7, 11) is 1.71. The maximum Gasteiger partial charge on any atom is 0.138 e. The van der Waals surface area contributed by atoms with Crippen LogP contribution < -0.4 is 4.74 Å². The van der Waals surface area contributed by atoms with E-state index in [1.165, 1.54) is 17.5 Å². The Morgan fingerprint density at radius 2 is 2.03 bits per heavy atom. The molecule has 2 aliphatic heterocycles. The van der Waals surface area contributed by atoms with Crippen LogP contribution in [0.2, 0.25) is 5.02 Å². The zero-order valence-corrected chi connectivity index (χ0v) is 20.6. The molecule has 1 saturated carbocycles. The Hall–Kier alpha value is -1.91. The Labute approximate surface area is 197 Å². The van der Waals surface area contributed by atoms with Gasteiger partial charge in [0.1, 0.15) is 11.5 Å². The van der Waals surface area contributed by atoms with Crippen LogP contribution in [0.15, 0.2) is 48.4 Å². The van der Waals surface area contributed by atoms with Crippen molar-refractivity contribution in [3.05, 3.63) is 64.5 Å². The van der Waals surface area contributed by atoms with Gasteiger partial charge in [0.2, 0.25) is 0 Å². The molecule has 4 nitrogen and oxygen atoms in total. The molecule has 1 aromatic carbocycles.